The number of rotatable bonds is 5. The molecule has 1 aromatic carbocycles. The number of carbonyl (C=O) groups excluding carboxylic acids is 1. The lowest BCUT2D eigenvalue weighted by Crippen LogP contribution is -2.39. The predicted molar refractivity (Wildman–Crippen MR) is 79.8 cm³/mol. The molecule has 2 N–H and O–H groups in total. The van der Waals surface area contributed by atoms with Crippen LogP contribution in [0, 0.1) is 0 Å². The number of furan rings is 1. The third kappa shape index (κ3) is 3.85. The SMILES string of the molecule is C[C@@H](N[C@H](C)c1ccco1)C(=O)Nc1ccc(Cl)cc1. The van der Waals surface area contributed by atoms with E-state index in [2.05, 4.69) is 10.6 Å². The van der Waals surface area contributed by atoms with Crippen LogP contribution in [0.4, 0.5) is 5.69 Å². The highest BCUT2D eigenvalue weighted by atomic mass is 35.5. The van der Waals surface area contributed by atoms with Crippen molar-refractivity contribution in [2.24, 2.45) is 0 Å². The fourth-order valence-electron chi connectivity index (χ4n) is 1.85. The Kier molecular flexibility index (Phi) is 4.82. The van der Waals surface area contributed by atoms with Gasteiger partial charge in [-0.15, -0.1) is 0 Å². The van der Waals surface area contributed by atoms with Crippen LogP contribution < -0.4 is 10.6 Å². The highest BCUT2D eigenvalue weighted by Gasteiger charge is 2.17. The number of hydrogen-bond donors (Lipinski definition) is 2. The standard InChI is InChI=1S/C15H17ClN2O2/c1-10(14-4-3-9-20-14)17-11(2)15(19)18-13-7-5-12(16)6-8-13/h3-11,17H,1-2H3,(H,18,19)/t10-,11-/m1/s1. The van der Waals surface area contributed by atoms with Crippen molar-refractivity contribution in [2.75, 3.05) is 5.32 Å². The molecule has 2 atom stereocenters. The molecule has 0 bridgehead atoms. The van der Waals surface area contributed by atoms with Gasteiger partial charge >= 0.3 is 0 Å². The molecule has 0 fully saturated rings. The zero-order valence-electron chi connectivity index (χ0n) is 11.4. The molecule has 20 heavy (non-hydrogen) atoms. The highest BCUT2D eigenvalue weighted by Crippen LogP contribution is 2.15. The summed E-state index contributed by atoms with van der Waals surface area (Å²) in [5, 5.41) is 6.65. The van der Waals surface area contributed by atoms with Gasteiger partial charge in [0.05, 0.1) is 18.3 Å². The first kappa shape index (κ1) is 14.6. The molecule has 5 heteroatoms. The first-order chi connectivity index (χ1) is 9.56. The molecule has 1 aromatic heterocycles. The van der Waals surface area contributed by atoms with Gasteiger partial charge in [-0.25, -0.2) is 0 Å². The van der Waals surface area contributed by atoms with Gasteiger partial charge in [-0.2, -0.15) is 0 Å². The van der Waals surface area contributed by atoms with E-state index in [-0.39, 0.29) is 18.0 Å². The van der Waals surface area contributed by atoms with Gasteiger partial charge in [0.1, 0.15) is 5.76 Å². The molecule has 1 amide bonds. The summed E-state index contributed by atoms with van der Waals surface area (Å²) < 4.78 is 5.30. The maximum Gasteiger partial charge on any atom is 0.241 e. The molecule has 0 aliphatic carbocycles. The Morgan fingerprint density at radius 1 is 1.20 bits per heavy atom. The average molecular weight is 293 g/mol. The summed E-state index contributed by atoms with van der Waals surface area (Å²) in [6, 6.07) is 10.3. The Labute approximate surface area is 123 Å². The lowest BCUT2D eigenvalue weighted by molar-refractivity contribution is -0.118. The maximum atomic E-state index is 12.1. The molecule has 4 nitrogen and oxygen atoms in total. The second kappa shape index (κ2) is 6.59. The van der Waals surface area contributed by atoms with Crippen LogP contribution in [0.15, 0.2) is 47.1 Å². The first-order valence-electron chi connectivity index (χ1n) is 6.42. The summed E-state index contributed by atoms with van der Waals surface area (Å²) in [4.78, 5) is 12.1. The van der Waals surface area contributed by atoms with E-state index in [1.165, 1.54) is 0 Å². The lowest BCUT2D eigenvalue weighted by atomic mass is 10.2. The molecule has 0 aliphatic heterocycles. The van der Waals surface area contributed by atoms with Gasteiger partial charge in [0.15, 0.2) is 0 Å². The van der Waals surface area contributed by atoms with Gasteiger partial charge < -0.3 is 9.73 Å². The van der Waals surface area contributed by atoms with E-state index >= 15 is 0 Å². The van der Waals surface area contributed by atoms with E-state index in [1.807, 2.05) is 26.0 Å². The molecule has 0 radical (unpaired) electrons. The van der Waals surface area contributed by atoms with Crippen LogP contribution in [0.1, 0.15) is 25.6 Å². The van der Waals surface area contributed by atoms with Gasteiger partial charge in [-0.3, -0.25) is 10.1 Å². The van der Waals surface area contributed by atoms with Crippen molar-refractivity contribution in [1.82, 2.24) is 5.32 Å². The summed E-state index contributed by atoms with van der Waals surface area (Å²) >= 11 is 5.80. The Bertz CT molecular complexity index is 552. The van der Waals surface area contributed by atoms with E-state index in [0.29, 0.717) is 5.02 Å². The van der Waals surface area contributed by atoms with Crippen molar-refractivity contribution in [1.29, 1.82) is 0 Å². The smallest absolute Gasteiger partial charge is 0.241 e. The summed E-state index contributed by atoms with van der Waals surface area (Å²) in [7, 11) is 0. The van der Waals surface area contributed by atoms with Crippen molar-refractivity contribution < 1.29 is 9.21 Å². The van der Waals surface area contributed by atoms with Gasteiger partial charge in [0.2, 0.25) is 5.91 Å². The summed E-state index contributed by atoms with van der Waals surface area (Å²) in [5.74, 6) is 0.696. The molecular weight excluding hydrogens is 276 g/mol. The zero-order valence-corrected chi connectivity index (χ0v) is 12.1. The van der Waals surface area contributed by atoms with Crippen molar-refractivity contribution in [3.05, 3.63) is 53.4 Å². The quantitative estimate of drug-likeness (QED) is 0.885. The fraction of sp³-hybridized carbons (Fsp3) is 0.267. The predicted octanol–water partition coefficient (Wildman–Crippen LogP) is 3.61. The number of hydrogen-bond acceptors (Lipinski definition) is 3. The van der Waals surface area contributed by atoms with Crippen molar-refractivity contribution in [3.63, 3.8) is 0 Å². The zero-order chi connectivity index (χ0) is 14.5. The Morgan fingerprint density at radius 2 is 1.90 bits per heavy atom. The van der Waals surface area contributed by atoms with Crippen LogP contribution in [0.2, 0.25) is 5.02 Å². The molecule has 0 saturated heterocycles. The fourth-order valence-corrected chi connectivity index (χ4v) is 1.98. The largest absolute Gasteiger partial charge is 0.468 e. The molecule has 0 saturated carbocycles. The summed E-state index contributed by atoms with van der Waals surface area (Å²) in [6.45, 7) is 3.76. The number of benzene rings is 1. The maximum absolute atomic E-state index is 12.1. The number of amides is 1. The van der Waals surface area contributed by atoms with Gasteiger partial charge in [-0.1, -0.05) is 11.6 Å². The van der Waals surface area contributed by atoms with Crippen LogP contribution in [0.3, 0.4) is 0 Å². The van der Waals surface area contributed by atoms with Crippen molar-refractivity contribution in [3.8, 4) is 0 Å². The van der Waals surface area contributed by atoms with Gasteiger partial charge in [0.25, 0.3) is 0 Å². The molecule has 0 aliphatic rings. The second-order valence-corrected chi connectivity index (χ2v) is 5.06. The average Bonchev–Trinajstić information content (AvgIpc) is 2.95. The minimum Gasteiger partial charge on any atom is -0.468 e. The third-order valence-electron chi connectivity index (χ3n) is 2.98. The monoisotopic (exact) mass is 292 g/mol. The van der Waals surface area contributed by atoms with Crippen LogP contribution >= 0.6 is 11.6 Å². The number of anilines is 1. The molecular formula is C15H17ClN2O2. The Balaban J connectivity index is 1.90. The summed E-state index contributed by atoms with van der Waals surface area (Å²) in [6.07, 6.45) is 1.62. The van der Waals surface area contributed by atoms with Gasteiger partial charge in [-0.05, 0) is 50.2 Å². The number of carbonyl (C=O) groups is 1. The number of nitrogens with one attached hydrogen (secondary N) is 2. The third-order valence-corrected chi connectivity index (χ3v) is 3.23. The van der Waals surface area contributed by atoms with Crippen molar-refractivity contribution >= 4 is 23.2 Å². The van der Waals surface area contributed by atoms with Crippen LogP contribution in [-0.2, 0) is 4.79 Å². The molecule has 106 valence electrons. The molecule has 0 unspecified atom stereocenters. The van der Waals surface area contributed by atoms with Crippen LogP contribution in [0.25, 0.3) is 0 Å². The minimum atomic E-state index is -0.342. The lowest BCUT2D eigenvalue weighted by Gasteiger charge is -2.18. The normalized spacial score (nSPS) is 13.8. The van der Waals surface area contributed by atoms with Crippen LogP contribution in [-0.4, -0.2) is 11.9 Å². The second-order valence-electron chi connectivity index (χ2n) is 4.62. The topological polar surface area (TPSA) is 54.3 Å². The first-order valence-corrected chi connectivity index (χ1v) is 6.80. The minimum absolute atomic E-state index is 0.0315. The van der Waals surface area contributed by atoms with Gasteiger partial charge in [0, 0.05) is 10.7 Å². The van der Waals surface area contributed by atoms with E-state index in [9.17, 15) is 4.79 Å². The van der Waals surface area contributed by atoms with E-state index in [0.717, 1.165) is 11.4 Å². The highest BCUT2D eigenvalue weighted by molar-refractivity contribution is 6.30. The molecule has 1 heterocycles. The summed E-state index contributed by atoms with van der Waals surface area (Å²) in [5.41, 5.74) is 0.721. The molecule has 0 spiro atoms. The Morgan fingerprint density at radius 3 is 2.50 bits per heavy atom. The van der Waals surface area contributed by atoms with E-state index < -0.39 is 0 Å². The van der Waals surface area contributed by atoms with E-state index in [1.54, 1.807) is 30.5 Å². The number of halogens is 1. The Hall–Kier alpha value is -1.78. The molecule has 2 aromatic rings. The van der Waals surface area contributed by atoms with Crippen LogP contribution in [0.5, 0.6) is 0 Å². The molecule has 2 rings (SSSR count). The van der Waals surface area contributed by atoms with E-state index in [4.69, 9.17) is 16.0 Å². The van der Waals surface area contributed by atoms with Crippen molar-refractivity contribution in [2.45, 2.75) is 25.9 Å².